The number of hydrogen-bond acceptors (Lipinski definition) is 3. The molecule has 2 atom stereocenters. The van der Waals surface area contributed by atoms with Gasteiger partial charge < -0.3 is 9.84 Å². The number of hydrogen-bond donors (Lipinski definition) is 1. The quantitative estimate of drug-likeness (QED) is 0.758. The molecule has 1 aliphatic rings. The van der Waals surface area contributed by atoms with Crippen LogP contribution in [-0.4, -0.2) is 35.2 Å². The fraction of sp³-hybridized carbons (Fsp3) is 0.409. The molecule has 2 unspecified atom stereocenters. The lowest BCUT2D eigenvalue weighted by molar-refractivity contribution is -0.142. The molecule has 144 valence electrons. The Hall–Kier alpha value is -2.04. The van der Waals surface area contributed by atoms with Gasteiger partial charge in [0.05, 0.1) is 12.6 Å². The van der Waals surface area contributed by atoms with Crippen molar-refractivity contribution in [1.82, 2.24) is 4.90 Å². The summed E-state index contributed by atoms with van der Waals surface area (Å²) in [6.45, 7) is 7.34. The van der Waals surface area contributed by atoms with Gasteiger partial charge in [0.2, 0.25) is 0 Å². The zero-order valence-corrected chi connectivity index (χ0v) is 16.8. The number of ether oxygens (including phenoxy) is 1. The number of carbonyl (C=O) groups is 1. The van der Waals surface area contributed by atoms with Gasteiger partial charge in [-0.1, -0.05) is 40.9 Å². The largest absolute Gasteiger partial charge is 0.494 e. The number of aryl methyl sites for hydroxylation is 2. The molecule has 0 amide bonds. The van der Waals surface area contributed by atoms with Gasteiger partial charge in [0.1, 0.15) is 11.8 Å². The molecular formula is C22H26ClNO3. The third kappa shape index (κ3) is 4.28. The standard InChI is InChI=1S/C22H26ClNO3/c1-4-27-20-8-7-17(23)13-18(20)21(16-11-14(2)10-15(3)12-16)24-9-5-6-19(24)22(25)26/h7-8,10-13,19,21H,4-6,9H2,1-3H3,(H,25,26). The first kappa shape index (κ1) is 19.7. The third-order valence-corrected chi connectivity index (χ3v) is 5.27. The number of carboxylic acid groups (broad SMARTS) is 1. The maximum atomic E-state index is 11.9. The van der Waals surface area contributed by atoms with E-state index in [1.165, 1.54) is 0 Å². The second kappa shape index (κ2) is 8.32. The van der Waals surface area contributed by atoms with Crippen molar-refractivity contribution in [3.8, 4) is 5.75 Å². The first-order valence-corrected chi connectivity index (χ1v) is 9.77. The van der Waals surface area contributed by atoms with E-state index in [1.807, 2.05) is 25.1 Å². The van der Waals surface area contributed by atoms with Crippen LogP contribution in [0.4, 0.5) is 0 Å². The van der Waals surface area contributed by atoms with Crippen molar-refractivity contribution >= 4 is 17.6 Å². The van der Waals surface area contributed by atoms with Crippen LogP contribution in [0.3, 0.4) is 0 Å². The molecule has 3 rings (SSSR count). The monoisotopic (exact) mass is 387 g/mol. The summed E-state index contributed by atoms with van der Waals surface area (Å²) in [5.74, 6) is -0.0241. The first-order chi connectivity index (χ1) is 12.9. The fourth-order valence-electron chi connectivity index (χ4n) is 4.10. The minimum atomic E-state index is -0.776. The van der Waals surface area contributed by atoms with Crippen LogP contribution in [0, 0.1) is 13.8 Å². The van der Waals surface area contributed by atoms with Gasteiger partial charge in [-0.05, 0) is 57.4 Å². The Bertz CT molecular complexity index is 816. The molecule has 1 fully saturated rings. The van der Waals surface area contributed by atoms with Crippen LogP contribution >= 0.6 is 11.6 Å². The fourth-order valence-corrected chi connectivity index (χ4v) is 4.28. The first-order valence-electron chi connectivity index (χ1n) is 9.39. The lowest BCUT2D eigenvalue weighted by Gasteiger charge is -2.33. The minimum Gasteiger partial charge on any atom is -0.494 e. The van der Waals surface area contributed by atoms with E-state index >= 15 is 0 Å². The van der Waals surface area contributed by atoms with E-state index in [2.05, 4.69) is 36.9 Å². The average molecular weight is 388 g/mol. The summed E-state index contributed by atoms with van der Waals surface area (Å²) in [7, 11) is 0. The molecule has 0 spiro atoms. The molecule has 27 heavy (non-hydrogen) atoms. The number of nitrogens with zero attached hydrogens (tertiary/aromatic N) is 1. The highest BCUT2D eigenvalue weighted by atomic mass is 35.5. The van der Waals surface area contributed by atoms with Crippen LogP contribution in [0.1, 0.15) is 48.1 Å². The van der Waals surface area contributed by atoms with Crippen LogP contribution in [0.5, 0.6) is 5.75 Å². The maximum absolute atomic E-state index is 11.9. The number of halogens is 1. The second-order valence-electron chi connectivity index (χ2n) is 7.17. The molecule has 0 radical (unpaired) electrons. The molecule has 1 heterocycles. The van der Waals surface area contributed by atoms with Crippen LogP contribution in [-0.2, 0) is 4.79 Å². The highest BCUT2D eigenvalue weighted by Crippen LogP contribution is 2.40. The summed E-state index contributed by atoms with van der Waals surface area (Å²) in [6, 6.07) is 11.3. The summed E-state index contributed by atoms with van der Waals surface area (Å²) >= 11 is 6.33. The Balaban J connectivity index is 2.19. The van der Waals surface area contributed by atoms with Crippen molar-refractivity contribution < 1.29 is 14.6 Å². The highest BCUT2D eigenvalue weighted by molar-refractivity contribution is 6.30. The lowest BCUT2D eigenvalue weighted by Crippen LogP contribution is -2.39. The van der Waals surface area contributed by atoms with Crippen LogP contribution < -0.4 is 4.74 Å². The normalized spacial score (nSPS) is 18.4. The zero-order valence-electron chi connectivity index (χ0n) is 16.0. The van der Waals surface area contributed by atoms with Gasteiger partial charge in [0, 0.05) is 17.1 Å². The Morgan fingerprint density at radius 3 is 2.59 bits per heavy atom. The van der Waals surface area contributed by atoms with E-state index in [9.17, 15) is 9.90 Å². The van der Waals surface area contributed by atoms with Crippen molar-refractivity contribution in [2.45, 2.75) is 45.7 Å². The van der Waals surface area contributed by atoms with Crippen molar-refractivity contribution in [3.05, 3.63) is 63.7 Å². The van der Waals surface area contributed by atoms with Crippen molar-refractivity contribution in [3.63, 3.8) is 0 Å². The number of carboxylic acids is 1. The molecule has 0 aliphatic carbocycles. The Kier molecular flexibility index (Phi) is 6.08. The van der Waals surface area contributed by atoms with Gasteiger partial charge in [-0.3, -0.25) is 9.69 Å². The number of likely N-dealkylation sites (tertiary alicyclic amines) is 1. The predicted octanol–water partition coefficient (Wildman–Crippen LogP) is 4.99. The Labute approximate surface area is 165 Å². The molecule has 4 nitrogen and oxygen atoms in total. The molecule has 1 N–H and O–H groups in total. The average Bonchev–Trinajstić information content (AvgIpc) is 3.06. The van der Waals surface area contributed by atoms with Gasteiger partial charge in [-0.25, -0.2) is 0 Å². The maximum Gasteiger partial charge on any atom is 0.320 e. The van der Waals surface area contributed by atoms with Crippen molar-refractivity contribution in [2.75, 3.05) is 13.2 Å². The van der Waals surface area contributed by atoms with Gasteiger partial charge in [-0.2, -0.15) is 0 Å². The van der Waals surface area contributed by atoms with Gasteiger partial charge >= 0.3 is 5.97 Å². The predicted molar refractivity (Wildman–Crippen MR) is 108 cm³/mol. The molecule has 0 saturated carbocycles. The number of benzene rings is 2. The van der Waals surface area contributed by atoms with E-state index in [-0.39, 0.29) is 6.04 Å². The third-order valence-electron chi connectivity index (χ3n) is 5.04. The smallest absolute Gasteiger partial charge is 0.320 e. The molecule has 1 aliphatic heterocycles. The molecular weight excluding hydrogens is 362 g/mol. The van der Waals surface area contributed by atoms with E-state index < -0.39 is 12.0 Å². The van der Waals surface area contributed by atoms with E-state index in [4.69, 9.17) is 16.3 Å². The van der Waals surface area contributed by atoms with Crippen LogP contribution in [0.25, 0.3) is 0 Å². The van der Waals surface area contributed by atoms with Gasteiger partial charge in [-0.15, -0.1) is 0 Å². The molecule has 1 saturated heterocycles. The summed E-state index contributed by atoms with van der Waals surface area (Å²) in [4.78, 5) is 14.0. The number of aliphatic carboxylic acids is 1. The highest BCUT2D eigenvalue weighted by Gasteiger charge is 2.38. The summed E-state index contributed by atoms with van der Waals surface area (Å²) in [5.41, 5.74) is 4.30. The van der Waals surface area contributed by atoms with Gasteiger partial charge in [0.15, 0.2) is 0 Å². The van der Waals surface area contributed by atoms with Crippen molar-refractivity contribution in [1.29, 1.82) is 0 Å². The summed E-state index contributed by atoms with van der Waals surface area (Å²) in [6.07, 6.45) is 1.52. The Morgan fingerprint density at radius 2 is 1.96 bits per heavy atom. The van der Waals surface area contributed by atoms with E-state index in [0.29, 0.717) is 18.1 Å². The number of rotatable bonds is 6. The molecule has 2 aromatic carbocycles. The second-order valence-corrected chi connectivity index (χ2v) is 7.61. The van der Waals surface area contributed by atoms with E-state index in [0.717, 1.165) is 41.0 Å². The van der Waals surface area contributed by atoms with Crippen LogP contribution in [0.15, 0.2) is 36.4 Å². The molecule has 2 aromatic rings. The van der Waals surface area contributed by atoms with Crippen molar-refractivity contribution in [2.24, 2.45) is 0 Å². The molecule has 0 bridgehead atoms. The molecule has 0 aromatic heterocycles. The zero-order chi connectivity index (χ0) is 19.6. The van der Waals surface area contributed by atoms with Gasteiger partial charge in [0.25, 0.3) is 0 Å². The van der Waals surface area contributed by atoms with Crippen LogP contribution in [0.2, 0.25) is 5.02 Å². The van der Waals surface area contributed by atoms with E-state index in [1.54, 1.807) is 0 Å². The summed E-state index contributed by atoms with van der Waals surface area (Å²) < 4.78 is 5.88. The lowest BCUT2D eigenvalue weighted by atomic mass is 9.93. The Morgan fingerprint density at radius 1 is 1.26 bits per heavy atom. The summed E-state index contributed by atoms with van der Waals surface area (Å²) in [5, 5.41) is 10.4. The molecule has 5 heteroatoms. The topological polar surface area (TPSA) is 49.8 Å². The SMILES string of the molecule is CCOc1ccc(Cl)cc1C(c1cc(C)cc(C)c1)N1CCCC1C(=O)O. The minimum absolute atomic E-state index is 0.215.